The first-order chi connectivity index (χ1) is 8.96. The predicted molar refractivity (Wildman–Crippen MR) is 76.4 cm³/mol. The molecule has 1 N–H and O–H groups in total. The van der Waals surface area contributed by atoms with Crippen LogP contribution in [-0.4, -0.2) is 20.7 Å². The molecule has 0 aliphatic carbocycles. The maximum Gasteiger partial charge on any atom is 0.333 e. The van der Waals surface area contributed by atoms with Gasteiger partial charge in [-0.25, -0.2) is 4.68 Å². The van der Waals surface area contributed by atoms with Crippen molar-refractivity contribution in [2.45, 2.75) is 53.0 Å². The fourth-order valence-corrected chi connectivity index (χ4v) is 2.49. The molecule has 19 heavy (non-hydrogen) atoms. The molecule has 6 heteroatoms. The van der Waals surface area contributed by atoms with Gasteiger partial charge in [-0.2, -0.15) is 5.10 Å². The van der Waals surface area contributed by atoms with Gasteiger partial charge in [0.05, 0.1) is 4.92 Å². The van der Waals surface area contributed by atoms with Crippen LogP contribution in [0.2, 0.25) is 0 Å². The van der Waals surface area contributed by atoms with E-state index in [9.17, 15) is 10.1 Å². The highest BCUT2D eigenvalue weighted by Crippen LogP contribution is 2.30. The van der Waals surface area contributed by atoms with Crippen molar-refractivity contribution in [3.8, 4) is 0 Å². The molecule has 0 aliphatic rings. The molecule has 0 spiro atoms. The van der Waals surface area contributed by atoms with Crippen LogP contribution < -0.4 is 5.32 Å². The second kappa shape index (κ2) is 6.54. The summed E-state index contributed by atoms with van der Waals surface area (Å²) in [5.41, 5.74) is 0.648. The average molecular weight is 268 g/mol. The van der Waals surface area contributed by atoms with Crippen molar-refractivity contribution >= 4 is 11.5 Å². The highest BCUT2D eigenvalue weighted by Gasteiger charge is 2.27. The zero-order chi connectivity index (χ0) is 14.6. The third-order valence-electron chi connectivity index (χ3n) is 3.73. The quantitative estimate of drug-likeness (QED) is 0.609. The Morgan fingerprint density at radius 3 is 2.37 bits per heavy atom. The molecule has 108 valence electrons. The number of nitrogens with zero attached hydrogens (tertiary/aromatic N) is 3. The molecule has 0 fully saturated rings. The van der Waals surface area contributed by atoms with Crippen molar-refractivity contribution in [3.05, 3.63) is 15.8 Å². The van der Waals surface area contributed by atoms with Crippen molar-refractivity contribution in [2.24, 2.45) is 13.0 Å². The van der Waals surface area contributed by atoms with E-state index < -0.39 is 0 Å². The van der Waals surface area contributed by atoms with E-state index in [0.717, 1.165) is 12.8 Å². The Morgan fingerprint density at radius 2 is 1.95 bits per heavy atom. The number of nitro groups is 1. The minimum atomic E-state index is -0.339. The smallest absolute Gasteiger partial charge is 0.333 e. The summed E-state index contributed by atoms with van der Waals surface area (Å²) in [6.07, 6.45) is 2.67. The summed E-state index contributed by atoms with van der Waals surface area (Å²) in [5.74, 6) is 1.01. The van der Waals surface area contributed by atoms with Crippen LogP contribution >= 0.6 is 0 Å². The maximum absolute atomic E-state index is 11.2. The van der Waals surface area contributed by atoms with Gasteiger partial charge in [0, 0.05) is 13.1 Å². The third-order valence-corrected chi connectivity index (χ3v) is 3.73. The number of aryl methyl sites for hydroxylation is 2. The molecule has 1 rings (SSSR count). The highest BCUT2D eigenvalue weighted by molar-refractivity contribution is 5.60. The van der Waals surface area contributed by atoms with Crippen LogP contribution in [0.1, 0.15) is 46.2 Å². The number of hydrogen-bond acceptors (Lipinski definition) is 4. The van der Waals surface area contributed by atoms with Crippen LogP contribution in [0.4, 0.5) is 11.5 Å². The maximum atomic E-state index is 11.2. The summed E-state index contributed by atoms with van der Waals surface area (Å²) in [6, 6.07) is 0.189. The molecule has 0 aromatic carbocycles. The number of anilines is 1. The van der Waals surface area contributed by atoms with E-state index in [0.29, 0.717) is 23.9 Å². The van der Waals surface area contributed by atoms with E-state index in [2.05, 4.69) is 31.2 Å². The molecule has 1 aromatic heterocycles. The summed E-state index contributed by atoms with van der Waals surface area (Å²) < 4.78 is 1.58. The van der Waals surface area contributed by atoms with Gasteiger partial charge in [-0.3, -0.25) is 10.1 Å². The van der Waals surface area contributed by atoms with Crippen LogP contribution in [0.3, 0.4) is 0 Å². The summed E-state index contributed by atoms with van der Waals surface area (Å²) in [6.45, 7) is 8.23. The van der Waals surface area contributed by atoms with Crippen molar-refractivity contribution < 1.29 is 4.92 Å². The van der Waals surface area contributed by atoms with E-state index in [4.69, 9.17) is 0 Å². The zero-order valence-corrected chi connectivity index (χ0v) is 12.4. The van der Waals surface area contributed by atoms with Crippen molar-refractivity contribution in [1.29, 1.82) is 0 Å². The normalized spacial score (nSPS) is 12.7. The Kier molecular flexibility index (Phi) is 5.32. The molecule has 1 aromatic rings. The highest BCUT2D eigenvalue weighted by atomic mass is 16.6. The summed E-state index contributed by atoms with van der Waals surface area (Å²) in [4.78, 5) is 10.9. The first kappa shape index (κ1) is 15.5. The predicted octanol–water partition coefficient (Wildman–Crippen LogP) is 3.13. The minimum Gasteiger partial charge on any atom is -0.362 e. The monoisotopic (exact) mass is 268 g/mol. The van der Waals surface area contributed by atoms with E-state index in [1.54, 1.807) is 11.7 Å². The fourth-order valence-electron chi connectivity index (χ4n) is 2.49. The second-order valence-corrected chi connectivity index (χ2v) is 4.89. The molecule has 1 atom stereocenters. The lowest BCUT2D eigenvalue weighted by Gasteiger charge is -2.22. The van der Waals surface area contributed by atoms with Crippen molar-refractivity contribution in [3.63, 3.8) is 0 Å². The second-order valence-electron chi connectivity index (χ2n) is 4.89. The Hall–Kier alpha value is -1.59. The molecule has 0 bridgehead atoms. The number of aromatic nitrogens is 2. The Labute approximate surface area is 114 Å². The molecule has 0 saturated carbocycles. The van der Waals surface area contributed by atoms with Gasteiger partial charge >= 0.3 is 5.69 Å². The van der Waals surface area contributed by atoms with Gasteiger partial charge in [0.15, 0.2) is 0 Å². The molecular formula is C13H24N4O2. The lowest BCUT2D eigenvalue weighted by Crippen LogP contribution is -2.26. The molecule has 0 saturated heterocycles. The van der Waals surface area contributed by atoms with Gasteiger partial charge in [0.2, 0.25) is 5.82 Å². The molecule has 1 unspecified atom stereocenters. The lowest BCUT2D eigenvalue weighted by atomic mass is 9.95. The minimum absolute atomic E-state index is 0.114. The summed E-state index contributed by atoms with van der Waals surface area (Å²) in [7, 11) is 1.74. The molecule has 0 radical (unpaired) electrons. The molecule has 6 nitrogen and oxygen atoms in total. The van der Waals surface area contributed by atoms with Gasteiger partial charge in [-0.05, 0) is 19.3 Å². The van der Waals surface area contributed by atoms with E-state index >= 15 is 0 Å². The van der Waals surface area contributed by atoms with Gasteiger partial charge in [0.25, 0.3) is 0 Å². The standard InChI is InChI=1S/C13H24N4O2/c1-6-10(7-2)9(4)14-13-12(17(18)19)11(8-3)15-16(13)5/h9-10,14H,6-8H2,1-5H3. The van der Waals surface area contributed by atoms with Gasteiger partial charge in [-0.15, -0.1) is 0 Å². The van der Waals surface area contributed by atoms with Crippen LogP contribution in [0.25, 0.3) is 0 Å². The first-order valence-electron chi connectivity index (χ1n) is 6.92. The molecule has 0 aliphatic heterocycles. The van der Waals surface area contributed by atoms with Crippen LogP contribution in [0.5, 0.6) is 0 Å². The van der Waals surface area contributed by atoms with Crippen LogP contribution in [0.15, 0.2) is 0 Å². The van der Waals surface area contributed by atoms with Crippen molar-refractivity contribution in [2.75, 3.05) is 5.32 Å². The van der Waals surface area contributed by atoms with E-state index in [1.165, 1.54) is 0 Å². The average Bonchev–Trinajstić information content (AvgIpc) is 2.67. The largest absolute Gasteiger partial charge is 0.362 e. The Bertz CT molecular complexity index is 438. The van der Waals surface area contributed by atoms with Crippen LogP contribution in [-0.2, 0) is 13.5 Å². The van der Waals surface area contributed by atoms with Gasteiger partial charge < -0.3 is 5.32 Å². The van der Waals surface area contributed by atoms with E-state index in [-0.39, 0.29) is 16.7 Å². The van der Waals surface area contributed by atoms with Crippen molar-refractivity contribution in [1.82, 2.24) is 9.78 Å². The first-order valence-corrected chi connectivity index (χ1v) is 6.92. The number of hydrogen-bond donors (Lipinski definition) is 1. The van der Waals surface area contributed by atoms with Crippen LogP contribution in [0, 0.1) is 16.0 Å². The summed E-state index contributed by atoms with van der Waals surface area (Å²) in [5, 5.41) is 18.7. The molecule has 1 heterocycles. The van der Waals surface area contributed by atoms with Gasteiger partial charge in [-0.1, -0.05) is 33.6 Å². The van der Waals surface area contributed by atoms with Gasteiger partial charge in [0.1, 0.15) is 5.69 Å². The zero-order valence-electron chi connectivity index (χ0n) is 12.4. The fraction of sp³-hybridized carbons (Fsp3) is 0.769. The third kappa shape index (κ3) is 3.24. The SMILES string of the molecule is CCc1nn(C)c(NC(C)C(CC)CC)c1[N+](=O)[O-]. The topological polar surface area (TPSA) is 73.0 Å². The Morgan fingerprint density at radius 1 is 1.37 bits per heavy atom. The molecular weight excluding hydrogens is 244 g/mol. The number of rotatable bonds is 7. The lowest BCUT2D eigenvalue weighted by molar-refractivity contribution is -0.384. The summed E-state index contributed by atoms with van der Waals surface area (Å²) >= 11 is 0. The Balaban J connectivity index is 3.06. The van der Waals surface area contributed by atoms with E-state index in [1.807, 2.05) is 6.92 Å². The molecule has 0 amide bonds. The number of nitrogens with one attached hydrogen (secondary N) is 1.